The summed E-state index contributed by atoms with van der Waals surface area (Å²) in [5.41, 5.74) is 1.54. The van der Waals surface area contributed by atoms with Crippen LogP contribution in [-0.4, -0.2) is 33.9 Å². The summed E-state index contributed by atoms with van der Waals surface area (Å²) < 4.78 is 29.7. The van der Waals surface area contributed by atoms with Crippen LogP contribution >= 0.6 is 0 Å². The molecule has 94 valence electrons. The van der Waals surface area contributed by atoms with E-state index in [0.29, 0.717) is 11.7 Å². The molecule has 1 aromatic carbocycles. The quantitative estimate of drug-likeness (QED) is 0.851. The fraction of sp³-hybridized carbons (Fsp3) is 0.455. The lowest BCUT2D eigenvalue weighted by Crippen LogP contribution is -2.18. The van der Waals surface area contributed by atoms with E-state index in [9.17, 15) is 8.42 Å². The van der Waals surface area contributed by atoms with Gasteiger partial charge < -0.3 is 10.1 Å². The predicted molar refractivity (Wildman–Crippen MR) is 67.8 cm³/mol. The second-order valence-corrected chi connectivity index (χ2v) is 5.90. The lowest BCUT2D eigenvalue weighted by molar-refractivity contribution is 0.195. The van der Waals surface area contributed by atoms with Crippen molar-refractivity contribution in [3.63, 3.8) is 0 Å². The van der Waals surface area contributed by atoms with Crippen LogP contribution in [0.1, 0.15) is 6.42 Å². The molecule has 5 nitrogen and oxygen atoms in total. The number of hydrogen-bond acceptors (Lipinski definition) is 4. The Morgan fingerprint density at radius 3 is 2.41 bits per heavy atom. The van der Waals surface area contributed by atoms with Gasteiger partial charge in [0.1, 0.15) is 0 Å². The number of nitrogens with one attached hydrogen (secondary N) is 2. The van der Waals surface area contributed by atoms with E-state index < -0.39 is 10.0 Å². The molecule has 0 spiro atoms. The van der Waals surface area contributed by atoms with Gasteiger partial charge in [0.15, 0.2) is 0 Å². The van der Waals surface area contributed by atoms with E-state index in [2.05, 4.69) is 10.0 Å². The topological polar surface area (TPSA) is 67.4 Å². The zero-order chi connectivity index (χ0) is 12.3. The van der Waals surface area contributed by atoms with Crippen LogP contribution in [0.5, 0.6) is 0 Å². The maximum absolute atomic E-state index is 11.0. The number of benzene rings is 1. The molecule has 2 rings (SSSR count). The highest BCUT2D eigenvalue weighted by molar-refractivity contribution is 7.92. The summed E-state index contributed by atoms with van der Waals surface area (Å²) in [6, 6.07) is 7.53. The highest BCUT2D eigenvalue weighted by Crippen LogP contribution is 2.17. The molecule has 1 aromatic rings. The van der Waals surface area contributed by atoms with Crippen molar-refractivity contribution in [1.82, 2.24) is 0 Å². The van der Waals surface area contributed by atoms with Crippen molar-refractivity contribution < 1.29 is 13.2 Å². The Hall–Kier alpha value is -1.27. The van der Waals surface area contributed by atoms with Crippen LogP contribution in [0.2, 0.25) is 0 Å². The van der Waals surface area contributed by atoms with Gasteiger partial charge in [-0.1, -0.05) is 0 Å². The number of anilines is 2. The summed E-state index contributed by atoms with van der Waals surface area (Å²) in [5, 5.41) is 3.33. The highest BCUT2D eigenvalue weighted by Gasteiger charge is 2.14. The molecule has 0 radical (unpaired) electrons. The Balaban J connectivity index is 1.97. The molecular formula is C11H16N2O3S. The fourth-order valence-electron chi connectivity index (χ4n) is 1.73. The summed E-state index contributed by atoms with van der Waals surface area (Å²) in [6.07, 6.45) is 2.14. The molecule has 1 aliphatic rings. The Kier molecular flexibility index (Phi) is 3.54. The SMILES string of the molecule is CS(=O)(=O)Nc1ccc(NC2CCOC2)cc1. The number of ether oxygens (including phenoxy) is 1. The minimum absolute atomic E-state index is 0.351. The van der Waals surface area contributed by atoms with Crippen LogP contribution < -0.4 is 10.0 Å². The first kappa shape index (κ1) is 12.2. The third kappa shape index (κ3) is 3.90. The Bertz CT molecular complexity index is 464. The largest absolute Gasteiger partial charge is 0.380 e. The van der Waals surface area contributed by atoms with Crippen LogP contribution in [0.25, 0.3) is 0 Å². The molecule has 1 heterocycles. The van der Waals surface area contributed by atoms with Gasteiger partial charge in [-0.15, -0.1) is 0 Å². The molecule has 0 saturated carbocycles. The van der Waals surface area contributed by atoms with Crippen LogP contribution in [0.15, 0.2) is 24.3 Å². The summed E-state index contributed by atoms with van der Waals surface area (Å²) in [5.74, 6) is 0. The predicted octanol–water partition coefficient (Wildman–Crippen LogP) is 1.26. The van der Waals surface area contributed by atoms with Gasteiger partial charge in [0, 0.05) is 18.0 Å². The van der Waals surface area contributed by atoms with Gasteiger partial charge in [-0.2, -0.15) is 0 Å². The molecule has 1 aliphatic heterocycles. The number of rotatable bonds is 4. The average molecular weight is 256 g/mol. The molecule has 0 amide bonds. The van der Waals surface area contributed by atoms with Crippen molar-refractivity contribution in [1.29, 1.82) is 0 Å². The van der Waals surface area contributed by atoms with Crippen LogP contribution in [-0.2, 0) is 14.8 Å². The van der Waals surface area contributed by atoms with Crippen LogP contribution in [0.3, 0.4) is 0 Å². The van der Waals surface area contributed by atoms with Crippen molar-refractivity contribution >= 4 is 21.4 Å². The number of sulfonamides is 1. The molecule has 0 bridgehead atoms. The maximum Gasteiger partial charge on any atom is 0.229 e. The molecule has 0 aromatic heterocycles. The van der Waals surface area contributed by atoms with Crippen molar-refractivity contribution in [2.75, 3.05) is 29.5 Å². The van der Waals surface area contributed by atoms with Crippen molar-refractivity contribution in [3.8, 4) is 0 Å². The third-order valence-electron chi connectivity index (χ3n) is 2.49. The van der Waals surface area contributed by atoms with E-state index in [1.807, 2.05) is 12.1 Å². The molecule has 6 heteroatoms. The van der Waals surface area contributed by atoms with E-state index in [4.69, 9.17) is 4.74 Å². The van der Waals surface area contributed by atoms with E-state index in [0.717, 1.165) is 31.6 Å². The second-order valence-electron chi connectivity index (χ2n) is 4.16. The van der Waals surface area contributed by atoms with E-state index >= 15 is 0 Å². The summed E-state index contributed by atoms with van der Waals surface area (Å²) in [4.78, 5) is 0. The molecule has 1 unspecified atom stereocenters. The summed E-state index contributed by atoms with van der Waals surface area (Å²) in [7, 11) is -3.20. The first-order chi connectivity index (χ1) is 8.03. The van der Waals surface area contributed by atoms with Crippen molar-refractivity contribution in [2.24, 2.45) is 0 Å². The summed E-state index contributed by atoms with van der Waals surface area (Å²) in [6.45, 7) is 1.52. The molecule has 1 saturated heterocycles. The maximum atomic E-state index is 11.0. The Morgan fingerprint density at radius 1 is 1.24 bits per heavy atom. The van der Waals surface area contributed by atoms with Gasteiger partial charge >= 0.3 is 0 Å². The van der Waals surface area contributed by atoms with Gasteiger partial charge in [0.2, 0.25) is 10.0 Å². The Labute approximate surface area is 101 Å². The van der Waals surface area contributed by atoms with Gasteiger partial charge in [-0.25, -0.2) is 8.42 Å². The smallest absolute Gasteiger partial charge is 0.229 e. The monoisotopic (exact) mass is 256 g/mol. The second kappa shape index (κ2) is 4.93. The van der Waals surface area contributed by atoms with E-state index in [-0.39, 0.29) is 0 Å². The van der Waals surface area contributed by atoms with Crippen LogP contribution in [0, 0.1) is 0 Å². The highest BCUT2D eigenvalue weighted by atomic mass is 32.2. The normalized spacial score (nSPS) is 20.2. The molecule has 1 atom stereocenters. The zero-order valence-corrected chi connectivity index (χ0v) is 10.5. The van der Waals surface area contributed by atoms with E-state index in [1.54, 1.807) is 12.1 Å². The third-order valence-corrected chi connectivity index (χ3v) is 3.10. The van der Waals surface area contributed by atoms with Gasteiger partial charge in [-0.3, -0.25) is 4.72 Å². The van der Waals surface area contributed by atoms with Gasteiger partial charge in [0.05, 0.1) is 18.9 Å². The standard InChI is InChI=1S/C11H16N2O3S/c1-17(14,15)13-10-4-2-9(3-5-10)12-11-6-7-16-8-11/h2-5,11-13H,6-8H2,1H3. The Morgan fingerprint density at radius 2 is 1.88 bits per heavy atom. The minimum atomic E-state index is -3.20. The number of hydrogen-bond donors (Lipinski definition) is 2. The molecule has 1 fully saturated rings. The van der Waals surface area contributed by atoms with Gasteiger partial charge in [0.25, 0.3) is 0 Å². The first-order valence-electron chi connectivity index (χ1n) is 5.45. The lowest BCUT2D eigenvalue weighted by Gasteiger charge is -2.12. The zero-order valence-electron chi connectivity index (χ0n) is 9.64. The molecular weight excluding hydrogens is 240 g/mol. The van der Waals surface area contributed by atoms with Crippen LogP contribution in [0.4, 0.5) is 11.4 Å². The first-order valence-corrected chi connectivity index (χ1v) is 7.34. The van der Waals surface area contributed by atoms with Gasteiger partial charge in [-0.05, 0) is 30.7 Å². The molecule has 2 N–H and O–H groups in total. The summed E-state index contributed by atoms with van der Waals surface area (Å²) >= 11 is 0. The van der Waals surface area contributed by atoms with E-state index in [1.165, 1.54) is 0 Å². The van der Waals surface area contributed by atoms with Crippen molar-refractivity contribution in [3.05, 3.63) is 24.3 Å². The average Bonchev–Trinajstić information content (AvgIpc) is 2.71. The fourth-order valence-corrected chi connectivity index (χ4v) is 2.30. The lowest BCUT2D eigenvalue weighted by atomic mass is 10.2. The van der Waals surface area contributed by atoms with Crippen molar-refractivity contribution in [2.45, 2.75) is 12.5 Å². The minimum Gasteiger partial charge on any atom is -0.380 e. The molecule has 0 aliphatic carbocycles. The molecule has 17 heavy (non-hydrogen) atoms.